The molecule has 0 fully saturated rings. The monoisotopic (exact) mass is 218 g/mol. The number of fused-ring (bicyclic) bond motifs is 3. The van der Waals surface area contributed by atoms with Crippen molar-refractivity contribution in [2.24, 2.45) is 16.1 Å². The van der Waals surface area contributed by atoms with E-state index in [0.717, 1.165) is 6.54 Å². The zero-order valence-corrected chi connectivity index (χ0v) is 9.63. The van der Waals surface area contributed by atoms with Crippen LogP contribution in [0.3, 0.4) is 0 Å². The third-order valence-electron chi connectivity index (χ3n) is 3.19. The van der Waals surface area contributed by atoms with Crippen molar-refractivity contribution >= 4 is 11.8 Å². The molecule has 1 aromatic rings. The average molecular weight is 218 g/mol. The molecule has 2 atom stereocenters. The Morgan fingerprint density at radius 3 is 3.27 bits per heavy atom. The Hall–Kier alpha value is -0.830. The van der Waals surface area contributed by atoms with Gasteiger partial charge in [0, 0.05) is 10.6 Å². The number of hydrogen-bond donors (Lipinski definition) is 0. The summed E-state index contributed by atoms with van der Waals surface area (Å²) in [5.74, 6) is 1.92. The fourth-order valence-corrected chi connectivity index (χ4v) is 3.59. The maximum absolute atomic E-state index is 4.45. The third kappa shape index (κ3) is 1.59. The molecule has 3 heteroatoms. The highest BCUT2D eigenvalue weighted by molar-refractivity contribution is 7.99. The van der Waals surface area contributed by atoms with E-state index in [1.807, 2.05) is 11.8 Å². The minimum absolute atomic E-state index is 0.342. The summed E-state index contributed by atoms with van der Waals surface area (Å²) in [6.45, 7) is 3.07. The highest BCUT2D eigenvalue weighted by Crippen LogP contribution is 2.44. The molecular formula is C12H14N2S. The predicted molar refractivity (Wildman–Crippen MR) is 62.5 cm³/mol. The van der Waals surface area contributed by atoms with Gasteiger partial charge in [-0.3, -0.25) is 0 Å². The van der Waals surface area contributed by atoms with Crippen molar-refractivity contribution in [2.75, 3.05) is 12.3 Å². The number of hydrogen-bond acceptors (Lipinski definition) is 3. The van der Waals surface area contributed by atoms with Crippen molar-refractivity contribution < 1.29 is 0 Å². The Bertz CT molecular complexity index is 414. The van der Waals surface area contributed by atoms with E-state index < -0.39 is 0 Å². The first-order chi connectivity index (χ1) is 7.34. The van der Waals surface area contributed by atoms with E-state index in [-0.39, 0.29) is 0 Å². The minimum Gasteiger partial charge on any atom is -0.194 e. The topological polar surface area (TPSA) is 24.7 Å². The smallest absolute Gasteiger partial charge is 0.100 e. The van der Waals surface area contributed by atoms with Crippen molar-refractivity contribution in [3.63, 3.8) is 0 Å². The molecule has 2 heterocycles. The number of benzene rings is 1. The lowest BCUT2D eigenvalue weighted by Gasteiger charge is -2.31. The SMILES string of the molecule is Cc1ccc2c(c1)C1N=NCCC1CS2. The van der Waals surface area contributed by atoms with E-state index >= 15 is 0 Å². The highest BCUT2D eigenvalue weighted by atomic mass is 32.2. The lowest BCUT2D eigenvalue weighted by molar-refractivity contribution is 0.387. The van der Waals surface area contributed by atoms with Gasteiger partial charge in [-0.05, 0) is 30.9 Å². The fourth-order valence-electron chi connectivity index (χ4n) is 2.34. The molecule has 0 aromatic heterocycles. The lowest BCUT2D eigenvalue weighted by Crippen LogP contribution is -2.22. The second-order valence-corrected chi connectivity index (χ2v) is 5.39. The summed E-state index contributed by atoms with van der Waals surface area (Å²) in [5.41, 5.74) is 2.73. The molecule has 3 rings (SSSR count). The van der Waals surface area contributed by atoms with E-state index in [0.29, 0.717) is 12.0 Å². The van der Waals surface area contributed by atoms with Crippen molar-refractivity contribution in [3.05, 3.63) is 29.3 Å². The van der Waals surface area contributed by atoms with Crippen LogP contribution in [0.1, 0.15) is 23.6 Å². The van der Waals surface area contributed by atoms with E-state index in [1.165, 1.54) is 28.2 Å². The van der Waals surface area contributed by atoms with Crippen LogP contribution in [-0.2, 0) is 0 Å². The zero-order chi connectivity index (χ0) is 10.3. The highest BCUT2D eigenvalue weighted by Gasteiger charge is 2.31. The molecule has 78 valence electrons. The summed E-state index contributed by atoms with van der Waals surface area (Å²) < 4.78 is 0. The molecule has 0 bridgehead atoms. The zero-order valence-electron chi connectivity index (χ0n) is 8.81. The standard InChI is InChI=1S/C12H14N2S/c1-8-2-3-11-10(6-8)12-9(7-15-11)4-5-13-14-12/h2-3,6,9,12H,4-5,7H2,1H3. The summed E-state index contributed by atoms with van der Waals surface area (Å²) in [6, 6.07) is 7.04. The van der Waals surface area contributed by atoms with E-state index in [4.69, 9.17) is 0 Å². The van der Waals surface area contributed by atoms with Gasteiger partial charge in [0.2, 0.25) is 0 Å². The van der Waals surface area contributed by atoms with Crippen molar-refractivity contribution in [2.45, 2.75) is 24.3 Å². The molecular weight excluding hydrogens is 204 g/mol. The van der Waals surface area contributed by atoms with Gasteiger partial charge in [-0.15, -0.1) is 11.8 Å². The summed E-state index contributed by atoms with van der Waals surface area (Å²) in [7, 11) is 0. The quantitative estimate of drug-likeness (QED) is 0.653. The first-order valence-electron chi connectivity index (χ1n) is 5.44. The van der Waals surface area contributed by atoms with Crippen LogP contribution >= 0.6 is 11.8 Å². The summed E-state index contributed by atoms with van der Waals surface area (Å²) in [6.07, 6.45) is 1.20. The summed E-state index contributed by atoms with van der Waals surface area (Å²) in [4.78, 5) is 1.41. The molecule has 0 saturated carbocycles. The molecule has 2 aliphatic heterocycles. The predicted octanol–water partition coefficient (Wildman–Crippen LogP) is 3.61. The Kier molecular flexibility index (Phi) is 2.28. The Labute approximate surface area is 94.2 Å². The summed E-state index contributed by atoms with van der Waals surface area (Å²) in [5, 5.41) is 8.65. The maximum Gasteiger partial charge on any atom is 0.100 e. The Morgan fingerprint density at radius 2 is 2.33 bits per heavy atom. The molecule has 0 radical (unpaired) electrons. The van der Waals surface area contributed by atoms with Gasteiger partial charge in [-0.2, -0.15) is 10.2 Å². The van der Waals surface area contributed by atoms with Crippen LogP contribution in [0.15, 0.2) is 33.3 Å². The van der Waals surface area contributed by atoms with Crippen LogP contribution in [0.2, 0.25) is 0 Å². The molecule has 0 spiro atoms. The number of rotatable bonds is 0. The molecule has 15 heavy (non-hydrogen) atoms. The van der Waals surface area contributed by atoms with Gasteiger partial charge in [-0.25, -0.2) is 0 Å². The normalized spacial score (nSPS) is 28.3. The first kappa shape index (κ1) is 9.40. The molecule has 1 aromatic carbocycles. The van der Waals surface area contributed by atoms with Crippen molar-refractivity contribution in [1.82, 2.24) is 0 Å². The largest absolute Gasteiger partial charge is 0.194 e. The van der Waals surface area contributed by atoms with Crippen molar-refractivity contribution in [3.8, 4) is 0 Å². The van der Waals surface area contributed by atoms with Crippen molar-refractivity contribution in [1.29, 1.82) is 0 Å². The number of aryl methyl sites for hydroxylation is 1. The van der Waals surface area contributed by atoms with Crippen LogP contribution in [0.4, 0.5) is 0 Å². The van der Waals surface area contributed by atoms with E-state index in [9.17, 15) is 0 Å². The molecule has 0 N–H and O–H groups in total. The van der Waals surface area contributed by atoms with E-state index in [2.05, 4.69) is 35.4 Å². The second-order valence-electron chi connectivity index (χ2n) is 4.33. The fraction of sp³-hybridized carbons (Fsp3) is 0.500. The van der Waals surface area contributed by atoms with Gasteiger partial charge in [0.05, 0.1) is 6.54 Å². The molecule has 0 amide bonds. The number of nitrogens with zero attached hydrogens (tertiary/aromatic N) is 2. The number of thioether (sulfide) groups is 1. The Morgan fingerprint density at radius 1 is 1.40 bits per heavy atom. The van der Waals surface area contributed by atoms with Crippen LogP contribution in [-0.4, -0.2) is 12.3 Å². The molecule has 2 unspecified atom stereocenters. The lowest BCUT2D eigenvalue weighted by atomic mass is 9.90. The average Bonchev–Trinajstić information content (AvgIpc) is 2.29. The molecule has 0 aliphatic carbocycles. The van der Waals surface area contributed by atoms with Crippen LogP contribution in [0, 0.1) is 12.8 Å². The van der Waals surface area contributed by atoms with Crippen LogP contribution < -0.4 is 0 Å². The van der Waals surface area contributed by atoms with Crippen LogP contribution in [0.25, 0.3) is 0 Å². The minimum atomic E-state index is 0.342. The van der Waals surface area contributed by atoms with E-state index in [1.54, 1.807) is 0 Å². The van der Waals surface area contributed by atoms with Gasteiger partial charge in [0.1, 0.15) is 6.04 Å². The van der Waals surface area contributed by atoms with Gasteiger partial charge >= 0.3 is 0 Å². The first-order valence-corrected chi connectivity index (χ1v) is 6.43. The van der Waals surface area contributed by atoms with Crippen LogP contribution in [0.5, 0.6) is 0 Å². The van der Waals surface area contributed by atoms with Gasteiger partial charge in [-0.1, -0.05) is 17.7 Å². The van der Waals surface area contributed by atoms with Gasteiger partial charge < -0.3 is 0 Å². The summed E-state index contributed by atoms with van der Waals surface area (Å²) >= 11 is 1.98. The molecule has 2 aliphatic rings. The molecule has 2 nitrogen and oxygen atoms in total. The third-order valence-corrected chi connectivity index (χ3v) is 4.47. The van der Waals surface area contributed by atoms with Gasteiger partial charge in [0.15, 0.2) is 0 Å². The molecule has 0 saturated heterocycles. The number of azo groups is 1. The maximum atomic E-state index is 4.45. The van der Waals surface area contributed by atoms with Gasteiger partial charge in [0.25, 0.3) is 0 Å². The second kappa shape index (κ2) is 3.63. The Balaban J connectivity index is 2.08.